The molecule has 0 spiro atoms. The van der Waals surface area contributed by atoms with E-state index in [1.807, 2.05) is 0 Å². The third-order valence-electron chi connectivity index (χ3n) is 8.54. The van der Waals surface area contributed by atoms with E-state index in [2.05, 4.69) is 215 Å². The Kier molecular flexibility index (Phi) is 7.54. The average Bonchev–Trinajstić information content (AvgIpc) is 3.58. The molecule has 0 saturated carbocycles. The normalized spacial score (nSPS) is 11.0. The summed E-state index contributed by atoms with van der Waals surface area (Å²) in [5.41, 5.74) is 11.1. The molecule has 0 saturated heterocycles. The fraction of sp³-hybridized carbons (Fsp3) is 0. The van der Waals surface area contributed by atoms with Gasteiger partial charge in [-0.1, -0.05) is 103 Å². The first-order chi connectivity index (χ1) is 23.3. The number of rotatable bonds is 8. The van der Waals surface area contributed by atoms with Crippen LogP contribution in [0.5, 0.6) is 0 Å². The van der Waals surface area contributed by atoms with Gasteiger partial charge in [-0.05, 0) is 108 Å². The Labute approximate surface area is 275 Å². The van der Waals surface area contributed by atoms with Gasteiger partial charge in [-0.3, -0.25) is 0 Å². The zero-order chi connectivity index (χ0) is 31.4. The summed E-state index contributed by atoms with van der Waals surface area (Å²) in [4.78, 5) is 4.68. The number of benzene rings is 7. The zero-order valence-electron chi connectivity index (χ0n) is 25.9. The Morgan fingerprint density at radius 2 is 0.745 bits per heavy atom. The second-order valence-electron chi connectivity index (χ2n) is 11.5. The minimum Gasteiger partial charge on any atom is -0.317 e. The molecule has 0 aliphatic carbocycles. The summed E-state index contributed by atoms with van der Waals surface area (Å²) in [6, 6.07) is 68.9. The van der Waals surface area contributed by atoms with Gasteiger partial charge < -0.3 is 14.4 Å². The SMILES string of the molecule is c1ccc(N(c2ccccc2)c2cc(-c3ccc4ccn(-c5ccccc5)c4c3)cc(N(c3ccccc3)c3ccccc3)c2)cc1. The largest absolute Gasteiger partial charge is 0.317 e. The van der Waals surface area contributed by atoms with E-state index in [9.17, 15) is 0 Å². The van der Waals surface area contributed by atoms with Gasteiger partial charge in [0.2, 0.25) is 0 Å². The average molecular weight is 604 g/mol. The fourth-order valence-corrected chi connectivity index (χ4v) is 6.34. The van der Waals surface area contributed by atoms with Crippen LogP contribution in [0.2, 0.25) is 0 Å². The summed E-state index contributed by atoms with van der Waals surface area (Å²) in [5, 5.41) is 1.21. The molecule has 0 N–H and O–H groups in total. The van der Waals surface area contributed by atoms with Crippen molar-refractivity contribution in [2.75, 3.05) is 9.80 Å². The molecule has 1 heterocycles. The molecule has 224 valence electrons. The first kappa shape index (κ1) is 28.2. The summed E-state index contributed by atoms with van der Waals surface area (Å²) in [7, 11) is 0. The molecule has 1 aromatic heterocycles. The van der Waals surface area contributed by atoms with Crippen LogP contribution in [0, 0.1) is 0 Å². The first-order valence-electron chi connectivity index (χ1n) is 15.9. The number of fused-ring (bicyclic) bond motifs is 1. The van der Waals surface area contributed by atoms with Crippen LogP contribution in [-0.4, -0.2) is 4.57 Å². The molecule has 0 fully saturated rings. The standard InChI is InChI=1S/C44H33N3/c1-6-16-37(17-7-1)45-29-28-34-26-27-35(32-44(34)45)36-30-42(46(38-18-8-2-9-19-38)39-20-10-3-11-21-39)33-43(31-36)47(40-22-12-4-13-23-40)41-24-14-5-15-25-41/h1-33H. The predicted molar refractivity (Wildman–Crippen MR) is 198 cm³/mol. The third kappa shape index (κ3) is 5.67. The lowest BCUT2D eigenvalue weighted by atomic mass is 10.0. The van der Waals surface area contributed by atoms with E-state index in [0.29, 0.717) is 0 Å². The molecule has 0 amide bonds. The molecule has 7 aromatic carbocycles. The van der Waals surface area contributed by atoms with Gasteiger partial charge in [-0.15, -0.1) is 0 Å². The van der Waals surface area contributed by atoms with E-state index in [1.165, 1.54) is 10.9 Å². The van der Waals surface area contributed by atoms with Gasteiger partial charge in [0.25, 0.3) is 0 Å². The Morgan fingerprint density at radius 1 is 0.319 bits per heavy atom. The van der Waals surface area contributed by atoms with Crippen LogP contribution in [0.25, 0.3) is 27.7 Å². The molecule has 0 aliphatic rings. The maximum atomic E-state index is 2.34. The molecular weight excluding hydrogens is 571 g/mol. The topological polar surface area (TPSA) is 11.4 Å². The number of hydrogen-bond donors (Lipinski definition) is 0. The van der Waals surface area contributed by atoms with E-state index in [0.717, 1.165) is 50.9 Å². The number of nitrogens with zero attached hydrogens (tertiary/aromatic N) is 3. The first-order valence-corrected chi connectivity index (χ1v) is 15.9. The van der Waals surface area contributed by atoms with Crippen LogP contribution in [0.1, 0.15) is 0 Å². The second kappa shape index (κ2) is 12.6. The predicted octanol–water partition coefficient (Wildman–Crippen LogP) is 12.2. The van der Waals surface area contributed by atoms with Crippen molar-refractivity contribution in [1.29, 1.82) is 0 Å². The van der Waals surface area contributed by atoms with E-state index < -0.39 is 0 Å². The molecule has 47 heavy (non-hydrogen) atoms. The Hall–Kier alpha value is -6.32. The Balaban J connectivity index is 1.38. The quantitative estimate of drug-likeness (QED) is 0.171. The number of para-hydroxylation sites is 5. The molecule has 0 bridgehead atoms. The highest BCUT2D eigenvalue weighted by Crippen LogP contribution is 2.43. The summed E-state index contributed by atoms with van der Waals surface area (Å²) in [6.07, 6.45) is 2.16. The van der Waals surface area contributed by atoms with Crippen molar-refractivity contribution < 1.29 is 0 Å². The maximum absolute atomic E-state index is 2.34. The molecule has 8 aromatic rings. The van der Waals surface area contributed by atoms with Crippen LogP contribution in [-0.2, 0) is 0 Å². The van der Waals surface area contributed by atoms with Gasteiger partial charge in [0.05, 0.1) is 5.52 Å². The lowest BCUT2D eigenvalue weighted by molar-refractivity contribution is 1.13. The summed E-state index contributed by atoms with van der Waals surface area (Å²) < 4.78 is 2.27. The van der Waals surface area contributed by atoms with Crippen molar-refractivity contribution in [3.63, 3.8) is 0 Å². The molecule has 8 rings (SSSR count). The lowest BCUT2D eigenvalue weighted by Crippen LogP contribution is -2.13. The molecule has 0 unspecified atom stereocenters. The van der Waals surface area contributed by atoms with E-state index in [1.54, 1.807) is 0 Å². The molecule has 3 nitrogen and oxygen atoms in total. The monoisotopic (exact) mass is 603 g/mol. The third-order valence-corrected chi connectivity index (χ3v) is 8.54. The van der Waals surface area contributed by atoms with Gasteiger partial charge in [-0.25, -0.2) is 0 Å². The van der Waals surface area contributed by atoms with Gasteiger partial charge in [0.15, 0.2) is 0 Å². The second-order valence-corrected chi connectivity index (χ2v) is 11.5. The lowest BCUT2D eigenvalue weighted by Gasteiger charge is -2.30. The molecule has 0 aliphatic heterocycles. The van der Waals surface area contributed by atoms with Crippen molar-refractivity contribution in [3.05, 3.63) is 200 Å². The highest BCUT2D eigenvalue weighted by Gasteiger charge is 2.19. The number of anilines is 6. The van der Waals surface area contributed by atoms with Crippen molar-refractivity contribution in [1.82, 2.24) is 4.57 Å². The Morgan fingerprint density at radius 3 is 1.19 bits per heavy atom. The van der Waals surface area contributed by atoms with Crippen LogP contribution >= 0.6 is 0 Å². The van der Waals surface area contributed by atoms with Crippen molar-refractivity contribution in [2.45, 2.75) is 0 Å². The van der Waals surface area contributed by atoms with Gasteiger partial charge in [0.1, 0.15) is 0 Å². The van der Waals surface area contributed by atoms with Gasteiger partial charge in [0, 0.05) is 46.0 Å². The minimum atomic E-state index is 1.07. The van der Waals surface area contributed by atoms with E-state index in [4.69, 9.17) is 0 Å². The number of aromatic nitrogens is 1. The van der Waals surface area contributed by atoms with Crippen molar-refractivity contribution >= 4 is 45.0 Å². The van der Waals surface area contributed by atoms with Gasteiger partial charge in [-0.2, -0.15) is 0 Å². The van der Waals surface area contributed by atoms with Crippen LogP contribution in [0.15, 0.2) is 200 Å². The fourth-order valence-electron chi connectivity index (χ4n) is 6.34. The van der Waals surface area contributed by atoms with Crippen molar-refractivity contribution in [2.24, 2.45) is 0 Å². The van der Waals surface area contributed by atoms with E-state index >= 15 is 0 Å². The highest BCUT2D eigenvalue weighted by atomic mass is 15.2. The smallest absolute Gasteiger partial charge is 0.0534 e. The molecular formula is C44H33N3. The summed E-state index contributed by atoms with van der Waals surface area (Å²) in [5.74, 6) is 0. The van der Waals surface area contributed by atoms with Crippen LogP contribution < -0.4 is 9.80 Å². The van der Waals surface area contributed by atoms with Crippen LogP contribution in [0.4, 0.5) is 34.1 Å². The molecule has 3 heteroatoms. The Bertz CT molecular complexity index is 2050. The van der Waals surface area contributed by atoms with Crippen LogP contribution in [0.3, 0.4) is 0 Å². The zero-order valence-corrected chi connectivity index (χ0v) is 25.9. The number of hydrogen-bond acceptors (Lipinski definition) is 2. The minimum absolute atomic E-state index is 1.07. The van der Waals surface area contributed by atoms with Crippen molar-refractivity contribution in [3.8, 4) is 16.8 Å². The van der Waals surface area contributed by atoms with E-state index in [-0.39, 0.29) is 0 Å². The van der Waals surface area contributed by atoms with Gasteiger partial charge >= 0.3 is 0 Å². The summed E-state index contributed by atoms with van der Waals surface area (Å²) in [6.45, 7) is 0. The molecule has 0 atom stereocenters. The maximum Gasteiger partial charge on any atom is 0.0534 e. The summed E-state index contributed by atoms with van der Waals surface area (Å²) >= 11 is 0. The molecule has 0 radical (unpaired) electrons. The highest BCUT2D eigenvalue weighted by molar-refractivity contribution is 5.91.